The van der Waals surface area contributed by atoms with Gasteiger partial charge in [0.05, 0.1) is 0 Å². The molecule has 0 heterocycles. The van der Waals surface area contributed by atoms with Crippen molar-refractivity contribution < 1.29 is 20.1 Å². The summed E-state index contributed by atoms with van der Waals surface area (Å²) in [6.07, 6.45) is 0. The van der Waals surface area contributed by atoms with E-state index in [1.165, 1.54) is 0 Å². The summed E-state index contributed by atoms with van der Waals surface area (Å²) in [6.45, 7) is 0. The molecule has 22 heavy (non-hydrogen) atoms. The van der Waals surface area contributed by atoms with Crippen LogP contribution < -0.4 is 0 Å². The standard InChI is InChI=1S/C16H10.2BH2O2/c1-3-9-15(10-4-1)13-7-8-14-16-11-5-2-6-12-16;2*2-1-3/h1-6,9-12H;2*2-3H. The molecule has 6 heteroatoms. The quantitative estimate of drug-likeness (QED) is 0.410. The minimum absolute atomic E-state index is 0. The van der Waals surface area contributed by atoms with E-state index in [2.05, 4.69) is 23.7 Å². The summed E-state index contributed by atoms with van der Waals surface area (Å²) in [5, 5.41) is 28.0. The van der Waals surface area contributed by atoms with Gasteiger partial charge in [0.15, 0.2) is 0 Å². The van der Waals surface area contributed by atoms with Crippen molar-refractivity contribution in [2.24, 2.45) is 0 Å². The lowest BCUT2D eigenvalue weighted by Crippen LogP contribution is -1.75. The predicted molar refractivity (Wildman–Crippen MR) is 87.0 cm³/mol. The maximum Gasteiger partial charge on any atom is 0.482 e. The summed E-state index contributed by atoms with van der Waals surface area (Å²) >= 11 is 0. The highest BCUT2D eigenvalue weighted by Crippen LogP contribution is 1.95. The van der Waals surface area contributed by atoms with Crippen molar-refractivity contribution in [2.45, 2.75) is 0 Å². The smallest absolute Gasteiger partial charge is 0.429 e. The normalized spacial score (nSPS) is 7.27. The SMILES string of the molecule is C(C#Cc1ccccc1)#Cc1ccccc1.O[B]O.O[B]O. The van der Waals surface area contributed by atoms with Crippen molar-refractivity contribution in [1.82, 2.24) is 0 Å². The number of benzene rings is 2. The van der Waals surface area contributed by atoms with E-state index in [4.69, 9.17) is 20.1 Å². The highest BCUT2D eigenvalue weighted by molar-refractivity contribution is 6.13. The molecule has 108 valence electrons. The monoisotopic (exact) mass is 292 g/mol. The van der Waals surface area contributed by atoms with Gasteiger partial charge in [-0.3, -0.25) is 0 Å². The first-order valence-electron chi connectivity index (χ1n) is 6.10. The van der Waals surface area contributed by atoms with Crippen LogP contribution in [0.15, 0.2) is 60.7 Å². The van der Waals surface area contributed by atoms with Gasteiger partial charge >= 0.3 is 15.4 Å². The van der Waals surface area contributed by atoms with Crippen LogP contribution in [-0.2, 0) is 0 Å². The van der Waals surface area contributed by atoms with Gasteiger partial charge < -0.3 is 20.1 Å². The third-order valence-corrected chi connectivity index (χ3v) is 2.02. The van der Waals surface area contributed by atoms with Crippen LogP contribution in [0.2, 0.25) is 0 Å². The first-order chi connectivity index (χ1) is 10.8. The number of rotatable bonds is 0. The summed E-state index contributed by atoms with van der Waals surface area (Å²) < 4.78 is 0. The van der Waals surface area contributed by atoms with Crippen LogP contribution in [0.3, 0.4) is 0 Å². The lowest BCUT2D eigenvalue weighted by atomic mass is 10.2. The molecular formula is C16H14B2O4. The summed E-state index contributed by atoms with van der Waals surface area (Å²) in [4.78, 5) is 0. The average Bonchev–Trinajstić information content (AvgIpc) is 2.55. The molecule has 0 unspecified atom stereocenters. The van der Waals surface area contributed by atoms with E-state index in [1.54, 1.807) is 0 Å². The van der Waals surface area contributed by atoms with Crippen molar-refractivity contribution in [2.75, 3.05) is 0 Å². The predicted octanol–water partition coefficient (Wildman–Crippen LogP) is 0.100. The maximum absolute atomic E-state index is 7.00. The molecule has 0 fully saturated rings. The Morgan fingerprint density at radius 3 is 1.09 bits per heavy atom. The van der Waals surface area contributed by atoms with Crippen molar-refractivity contribution in [3.05, 3.63) is 71.8 Å². The first-order valence-corrected chi connectivity index (χ1v) is 6.10. The Kier molecular flexibility index (Phi) is 13.3. The fourth-order valence-corrected chi connectivity index (χ4v) is 1.25. The van der Waals surface area contributed by atoms with Crippen LogP contribution >= 0.6 is 0 Å². The zero-order valence-corrected chi connectivity index (χ0v) is 11.7. The summed E-state index contributed by atoms with van der Waals surface area (Å²) in [7, 11) is 0. The number of hydrogen-bond acceptors (Lipinski definition) is 4. The van der Waals surface area contributed by atoms with Gasteiger partial charge in [-0.1, -0.05) is 48.2 Å². The molecule has 0 atom stereocenters. The largest absolute Gasteiger partial charge is 0.482 e. The Morgan fingerprint density at radius 2 is 0.818 bits per heavy atom. The molecule has 0 aromatic heterocycles. The molecular weight excluding hydrogens is 278 g/mol. The van der Waals surface area contributed by atoms with E-state index in [-0.39, 0.29) is 15.4 Å². The zero-order chi connectivity index (χ0) is 16.5. The lowest BCUT2D eigenvalue weighted by molar-refractivity contribution is 0.447. The maximum atomic E-state index is 7.00. The van der Waals surface area contributed by atoms with Crippen LogP contribution in [0, 0.1) is 23.7 Å². The van der Waals surface area contributed by atoms with Gasteiger partial charge in [0.25, 0.3) is 0 Å². The third kappa shape index (κ3) is 11.4. The molecule has 2 aromatic rings. The molecule has 0 aliphatic carbocycles. The second-order valence-electron chi connectivity index (χ2n) is 3.46. The van der Waals surface area contributed by atoms with Crippen molar-refractivity contribution in [3.8, 4) is 23.7 Å². The Bertz CT molecular complexity index is 553. The second kappa shape index (κ2) is 14.9. The van der Waals surface area contributed by atoms with Crippen LogP contribution in [0.4, 0.5) is 0 Å². The highest BCUT2D eigenvalue weighted by Gasteiger charge is 1.80. The van der Waals surface area contributed by atoms with Gasteiger partial charge in [-0.2, -0.15) is 0 Å². The second-order valence-corrected chi connectivity index (χ2v) is 3.46. The van der Waals surface area contributed by atoms with Crippen molar-refractivity contribution >= 4 is 15.4 Å². The lowest BCUT2D eigenvalue weighted by Gasteiger charge is -1.84. The molecule has 0 bridgehead atoms. The Morgan fingerprint density at radius 1 is 0.545 bits per heavy atom. The van der Waals surface area contributed by atoms with Crippen LogP contribution in [0.25, 0.3) is 0 Å². The summed E-state index contributed by atoms with van der Waals surface area (Å²) in [5.41, 5.74) is 1.98. The fraction of sp³-hybridized carbons (Fsp3) is 0. The minimum atomic E-state index is 0. The van der Waals surface area contributed by atoms with Gasteiger partial charge in [-0.15, -0.1) is 0 Å². The average molecular weight is 292 g/mol. The van der Waals surface area contributed by atoms with Gasteiger partial charge in [0.1, 0.15) is 0 Å². The van der Waals surface area contributed by atoms with E-state index < -0.39 is 0 Å². The molecule has 0 saturated carbocycles. The van der Waals surface area contributed by atoms with E-state index >= 15 is 0 Å². The topological polar surface area (TPSA) is 80.9 Å². The Hall–Kier alpha value is -2.47. The molecule has 2 aromatic carbocycles. The summed E-state index contributed by atoms with van der Waals surface area (Å²) in [5.74, 6) is 11.7. The minimum Gasteiger partial charge on any atom is -0.429 e. The van der Waals surface area contributed by atoms with Gasteiger partial charge in [-0.05, 0) is 36.1 Å². The molecule has 0 saturated heterocycles. The zero-order valence-electron chi connectivity index (χ0n) is 11.7. The van der Waals surface area contributed by atoms with Gasteiger partial charge in [-0.25, -0.2) is 0 Å². The van der Waals surface area contributed by atoms with E-state index in [0.29, 0.717) is 0 Å². The van der Waals surface area contributed by atoms with Gasteiger partial charge in [0, 0.05) is 11.1 Å². The third-order valence-electron chi connectivity index (χ3n) is 2.02. The fourth-order valence-electron chi connectivity index (χ4n) is 1.25. The van der Waals surface area contributed by atoms with Crippen LogP contribution in [0.1, 0.15) is 11.1 Å². The van der Waals surface area contributed by atoms with E-state index in [9.17, 15) is 0 Å². The molecule has 2 radical (unpaired) electrons. The molecule has 4 nitrogen and oxygen atoms in total. The van der Waals surface area contributed by atoms with E-state index in [0.717, 1.165) is 11.1 Å². The highest BCUT2D eigenvalue weighted by atomic mass is 16.4. The molecule has 0 spiro atoms. The van der Waals surface area contributed by atoms with Crippen molar-refractivity contribution in [1.29, 1.82) is 0 Å². The molecule has 0 aliphatic heterocycles. The Labute approximate surface area is 131 Å². The van der Waals surface area contributed by atoms with Gasteiger partial charge in [0.2, 0.25) is 0 Å². The number of hydrogen-bond donors (Lipinski definition) is 4. The molecule has 0 aliphatic rings. The van der Waals surface area contributed by atoms with Crippen LogP contribution in [-0.4, -0.2) is 35.5 Å². The van der Waals surface area contributed by atoms with E-state index in [1.807, 2.05) is 60.7 Å². The van der Waals surface area contributed by atoms with Crippen molar-refractivity contribution in [3.63, 3.8) is 0 Å². The van der Waals surface area contributed by atoms with Crippen LogP contribution in [0.5, 0.6) is 0 Å². The molecule has 2 rings (SSSR count). The first kappa shape index (κ1) is 19.5. The Balaban J connectivity index is 0.000000639. The molecule has 0 amide bonds. The molecule has 4 N–H and O–H groups in total. The summed E-state index contributed by atoms with van der Waals surface area (Å²) in [6, 6.07) is 19.7.